The summed E-state index contributed by atoms with van der Waals surface area (Å²) in [4.78, 5) is 20.4. The summed E-state index contributed by atoms with van der Waals surface area (Å²) in [6.45, 7) is 5.56. The van der Waals surface area contributed by atoms with Gasteiger partial charge in [0.05, 0.1) is 25.6 Å². The van der Waals surface area contributed by atoms with E-state index < -0.39 is 6.16 Å². The smallest absolute Gasteiger partial charge is 0.494 e. The third kappa shape index (κ3) is 13.1. The van der Waals surface area contributed by atoms with Crippen LogP contribution >= 0.6 is 0 Å². The van der Waals surface area contributed by atoms with Gasteiger partial charge in [-0.25, -0.2) is 14.8 Å². The van der Waals surface area contributed by atoms with Crippen LogP contribution < -0.4 is 9.47 Å². The van der Waals surface area contributed by atoms with Crippen LogP contribution in [0.25, 0.3) is 11.4 Å². The molecule has 0 N–H and O–H groups in total. The maximum Gasteiger partial charge on any atom is 0.513 e. The lowest BCUT2D eigenvalue weighted by Crippen LogP contribution is -2.11. The number of nitrogens with zero attached hydrogens (tertiary/aromatic N) is 2. The highest BCUT2D eigenvalue weighted by Gasteiger charge is 2.08. The van der Waals surface area contributed by atoms with E-state index >= 15 is 0 Å². The fourth-order valence-electron chi connectivity index (χ4n) is 3.81. The molecule has 0 unspecified atom stereocenters. The molecule has 1 heterocycles. The summed E-state index contributed by atoms with van der Waals surface area (Å²) in [6.07, 6.45) is 19.4. The van der Waals surface area contributed by atoms with E-state index in [1.54, 1.807) is 0 Å². The second-order valence-electron chi connectivity index (χ2n) is 9.06. The Balaban J connectivity index is 1.62. The average molecular weight is 485 g/mol. The van der Waals surface area contributed by atoms with Gasteiger partial charge in [0.25, 0.3) is 0 Å². The Hall–Kier alpha value is -2.63. The highest BCUT2D eigenvalue weighted by atomic mass is 16.7. The fourth-order valence-corrected chi connectivity index (χ4v) is 3.81. The van der Waals surface area contributed by atoms with Gasteiger partial charge in [0.1, 0.15) is 5.75 Å². The SMILES string of the molecule is CCCCCCCCCCOc1ccc(-c2ncc(OC(=O)OCCCCCCCC)cn2)cc1. The van der Waals surface area contributed by atoms with Gasteiger partial charge in [-0.2, -0.15) is 0 Å². The van der Waals surface area contributed by atoms with E-state index in [-0.39, 0.29) is 5.75 Å². The zero-order chi connectivity index (χ0) is 25.0. The minimum Gasteiger partial charge on any atom is -0.494 e. The lowest BCUT2D eigenvalue weighted by molar-refractivity contribution is 0.0970. The van der Waals surface area contributed by atoms with Crippen LogP contribution in [0, 0.1) is 0 Å². The Morgan fingerprint density at radius 2 is 1.17 bits per heavy atom. The highest BCUT2D eigenvalue weighted by molar-refractivity contribution is 5.63. The maximum atomic E-state index is 11.8. The predicted molar refractivity (Wildman–Crippen MR) is 141 cm³/mol. The van der Waals surface area contributed by atoms with Crippen LogP contribution in [0.5, 0.6) is 11.5 Å². The van der Waals surface area contributed by atoms with Crippen LogP contribution in [0.3, 0.4) is 0 Å². The molecule has 0 atom stereocenters. The Morgan fingerprint density at radius 3 is 1.74 bits per heavy atom. The number of hydrogen-bond donors (Lipinski definition) is 0. The van der Waals surface area contributed by atoms with Crippen molar-refractivity contribution in [1.82, 2.24) is 9.97 Å². The van der Waals surface area contributed by atoms with Gasteiger partial charge >= 0.3 is 6.16 Å². The van der Waals surface area contributed by atoms with Crippen molar-refractivity contribution in [2.45, 2.75) is 104 Å². The van der Waals surface area contributed by atoms with Crippen molar-refractivity contribution in [3.8, 4) is 22.9 Å². The van der Waals surface area contributed by atoms with Crippen molar-refractivity contribution < 1.29 is 19.0 Å². The first-order valence-corrected chi connectivity index (χ1v) is 13.6. The summed E-state index contributed by atoms with van der Waals surface area (Å²) in [7, 11) is 0. The van der Waals surface area contributed by atoms with Gasteiger partial charge in [-0.1, -0.05) is 90.9 Å². The van der Waals surface area contributed by atoms with E-state index in [0.717, 1.165) is 37.2 Å². The Labute approximate surface area is 211 Å². The zero-order valence-corrected chi connectivity index (χ0v) is 21.8. The van der Waals surface area contributed by atoms with Crippen molar-refractivity contribution in [1.29, 1.82) is 0 Å². The third-order valence-corrected chi connectivity index (χ3v) is 5.93. The predicted octanol–water partition coefficient (Wildman–Crippen LogP) is 8.54. The third-order valence-electron chi connectivity index (χ3n) is 5.93. The molecular weight excluding hydrogens is 440 g/mol. The number of hydrogen-bond acceptors (Lipinski definition) is 6. The summed E-state index contributed by atoms with van der Waals surface area (Å²) < 4.78 is 16.1. The summed E-state index contributed by atoms with van der Waals surface area (Å²) in [5.74, 6) is 1.68. The molecule has 1 aromatic carbocycles. The van der Waals surface area contributed by atoms with E-state index in [2.05, 4.69) is 23.8 Å². The summed E-state index contributed by atoms with van der Waals surface area (Å²) >= 11 is 0. The van der Waals surface area contributed by atoms with Gasteiger partial charge in [0.2, 0.25) is 0 Å². The van der Waals surface area contributed by atoms with Crippen molar-refractivity contribution in [2.75, 3.05) is 13.2 Å². The molecular formula is C29H44N2O4. The minimum absolute atomic E-state index is 0.270. The average Bonchev–Trinajstić information content (AvgIpc) is 2.88. The molecule has 35 heavy (non-hydrogen) atoms. The minimum atomic E-state index is -0.715. The molecule has 0 saturated heterocycles. The zero-order valence-electron chi connectivity index (χ0n) is 21.8. The topological polar surface area (TPSA) is 70.5 Å². The lowest BCUT2D eigenvalue weighted by Gasteiger charge is -2.08. The van der Waals surface area contributed by atoms with Crippen LogP contribution in [-0.4, -0.2) is 29.3 Å². The number of benzene rings is 1. The number of carbonyl (C=O) groups excluding carboxylic acids is 1. The van der Waals surface area contributed by atoms with E-state index in [9.17, 15) is 4.79 Å². The van der Waals surface area contributed by atoms with Crippen molar-refractivity contribution in [3.05, 3.63) is 36.7 Å². The highest BCUT2D eigenvalue weighted by Crippen LogP contribution is 2.21. The van der Waals surface area contributed by atoms with Gasteiger partial charge in [-0.15, -0.1) is 0 Å². The van der Waals surface area contributed by atoms with Gasteiger partial charge in [-0.05, 0) is 37.1 Å². The van der Waals surface area contributed by atoms with Crippen LogP contribution in [0.2, 0.25) is 0 Å². The number of carbonyl (C=O) groups is 1. The first-order valence-electron chi connectivity index (χ1n) is 13.6. The van der Waals surface area contributed by atoms with E-state index in [0.29, 0.717) is 12.4 Å². The Bertz CT molecular complexity index is 793. The van der Waals surface area contributed by atoms with E-state index in [1.807, 2.05) is 24.3 Å². The quantitative estimate of drug-likeness (QED) is 0.147. The molecule has 0 aliphatic heterocycles. The molecule has 0 radical (unpaired) electrons. The molecule has 2 aromatic rings. The Kier molecular flexibility index (Phi) is 15.3. The molecule has 0 fully saturated rings. The molecule has 0 aliphatic carbocycles. The van der Waals surface area contributed by atoms with Crippen molar-refractivity contribution >= 4 is 6.16 Å². The molecule has 6 nitrogen and oxygen atoms in total. The van der Waals surface area contributed by atoms with Crippen LogP contribution in [0.1, 0.15) is 104 Å². The number of ether oxygens (including phenoxy) is 3. The number of aromatic nitrogens is 2. The first kappa shape index (κ1) is 28.6. The van der Waals surface area contributed by atoms with Crippen LogP contribution in [0.15, 0.2) is 36.7 Å². The number of rotatable bonds is 19. The monoisotopic (exact) mass is 484 g/mol. The largest absolute Gasteiger partial charge is 0.513 e. The van der Waals surface area contributed by atoms with Gasteiger partial charge < -0.3 is 14.2 Å². The fraction of sp³-hybridized carbons (Fsp3) is 0.621. The van der Waals surface area contributed by atoms with Crippen molar-refractivity contribution in [2.24, 2.45) is 0 Å². The Morgan fingerprint density at radius 1 is 0.657 bits per heavy atom. The summed E-state index contributed by atoms with van der Waals surface area (Å²) in [5, 5.41) is 0. The second kappa shape index (κ2) is 18.7. The van der Waals surface area contributed by atoms with E-state index in [1.165, 1.54) is 83.0 Å². The summed E-state index contributed by atoms with van der Waals surface area (Å²) in [6, 6.07) is 7.75. The molecule has 0 amide bonds. The van der Waals surface area contributed by atoms with E-state index in [4.69, 9.17) is 14.2 Å². The standard InChI is InChI=1S/C29H44N2O4/c1-3-5-7-9-11-12-14-15-21-33-26-19-17-25(18-20-26)28-30-23-27(24-31-28)35-29(32)34-22-16-13-10-8-6-4-2/h17-20,23-24H,3-16,21-22H2,1-2H3. The molecule has 0 aliphatic rings. The lowest BCUT2D eigenvalue weighted by atomic mass is 10.1. The van der Waals surface area contributed by atoms with Crippen molar-refractivity contribution in [3.63, 3.8) is 0 Å². The van der Waals surface area contributed by atoms with Gasteiger partial charge in [0, 0.05) is 5.56 Å². The summed E-state index contributed by atoms with van der Waals surface area (Å²) in [5.41, 5.74) is 0.877. The molecule has 2 rings (SSSR count). The second-order valence-corrected chi connectivity index (χ2v) is 9.06. The van der Waals surface area contributed by atoms with Crippen LogP contribution in [-0.2, 0) is 4.74 Å². The molecule has 194 valence electrons. The molecule has 1 aromatic heterocycles. The van der Waals surface area contributed by atoms with Crippen LogP contribution in [0.4, 0.5) is 4.79 Å². The molecule has 0 bridgehead atoms. The van der Waals surface area contributed by atoms with Gasteiger partial charge in [-0.3, -0.25) is 0 Å². The molecule has 6 heteroatoms. The molecule has 0 saturated carbocycles. The number of unbranched alkanes of at least 4 members (excludes halogenated alkanes) is 12. The molecule has 0 spiro atoms. The first-order chi connectivity index (χ1) is 17.2. The van der Waals surface area contributed by atoms with Gasteiger partial charge in [0.15, 0.2) is 11.6 Å². The maximum absolute atomic E-state index is 11.8. The normalized spacial score (nSPS) is 10.8.